The van der Waals surface area contributed by atoms with Crippen LogP contribution in [0.15, 0.2) is 30.3 Å². The fourth-order valence-electron chi connectivity index (χ4n) is 3.23. The number of halogens is 4. The highest BCUT2D eigenvalue weighted by molar-refractivity contribution is 5.83. The van der Waals surface area contributed by atoms with Crippen molar-refractivity contribution in [3.8, 4) is 0 Å². The second-order valence-electron chi connectivity index (χ2n) is 6.85. The van der Waals surface area contributed by atoms with Crippen molar-refractivity contribution in [2.24, 2.45) is 5.92 Å². The van der Waals surface area contributed by atoms with Crippen molar-refractivity contribution >= 4 is 11.9 Å². The maximum Gasteiger partial charge on any atom is 0.490 e. The van der Waals surface area contributed by atoms with Crippen LogP contribution in [-0.4, -0.2) is 41.3 Å². The Morgan fingerprint density at radius 2 is 1.81 bits per heavy atom. The van der Waals surface area contributed by atoms with Gasteiger partial charge in [0.15, 0.2) is 5.67 Å². The topological polar surface area (TPSA) is 78.4 Å². The summed E-state index contributed by atoms with van der Waals surface area (Å²) in [6.45, 7) is 0. The number of aliphatic carboxylic acids is 1. The van der Waals surface area contributed by atoms with Gasteiger partial charge in [-0.1, -0.05) is 30.3 Å². The number of rotatable bonds is 3. The summed E-state index contributed by atoms with van der Waals surface area (Å²) in [7, 11) is 0. The quantitative estimate of drug-likeness (QED) is 0.709. The minimum atomic E-state index is -5.08. The Kier molecular flexibility index (Phi) is 4.68. The first-order chi connectivity index (χ1) is 12.1. The molecule has 1 aromatic carbocycles. The molecule has 0 aromatic heterocycles. The van der Waals surface area contributed by atoms with Crippen LogP contribution in [0.5, 0.6) is 0 Å². The van der Waals surface area contributed by atoms with E-state index in [9.17, 15) is 22.4 Å². The molecule has 2 aliphatic carbocycles. The summed E-state index contributed by atoms with van der Waals surface area (Å²) in [4.78, 5) is 20.9. The Labute approximate surface area is 146 Å². The van der Waals surface area contributed by atoms with Crippen LogP contribution in [0.1, 0.15) is 24.8 Å². The molecule has 1 amide bonds. The zero-order valence-electron chi connectivity index (χ0n) is 13.6. The van der Waals surface area contributed by atoms with Crippen molar-refractivity contribution in [2.45, 2.75) is 49.2 Å². The van der Waals surface area contributed by atoms with Crippen molar-refractivity contribution in [3.05, 3.63) is 35.9 Å². The fraction of sp³-hybridized carbons (Fsp3) is 0.529. The largest absolute Gasteiger partial charge is 0.490 e. The first-order valence-corrected chi connectivity index (χ1v) is 8.22. The number of hydrogen-bond acceptors (Lipinski definition) is 3. The standard InChI is InChI=1S/C15H17FN2O.C2HF3O2/c16-15(10-4-2-1-3-5-10)8-13(15)18-14(19)12-7-9-6-11(9)17-12;3-2(4,5)1(6)7/h1-5,9,11-13,17H,6-8H2,(H,18,19);(H,6,7)/t9-,11-,12+,13+,15+;/m1./s1. The smallest absolute Gasteiger partial charge is 0.475 e. The third-order valence-electron chi connectivity index (χ3n) is 4.90. The molecule has 142 valence electrons. The van der Waals surface area contributed by atoms with Crippen LogP contribution in [0.2, 0.25) is 0 Å². The van der Waals surface area contributed by atoms with Crippen LogP contribution < -0.4 is 10.6 Å². The average Bonchev–Trinajstić information content (AvgIpc) is 3.43. The van der Waals surface area contributed by atoms with E-state index in [1.54, 1.807) is 12.1 Å². The first-order valence-electron chi connectivity index (χ1n) is 8.22. The van der Waals surface area contributed by atoms with Crippen LogP contribution in [0, 0.1) is 5.92 Å². The highest BCUT2D eigenvalue weighted by atomic mass is 19.4. The van der Waals surface area contributed by atoms with Gasteiger partial charge in [-0.2, -0.15) is 13.2 Å². The molecule has 1 saturated heterocycles. The number of alkyl halides is 4. The molecule has 0 radical (unpaired) electrons. The van der Waals surface area contributed by atoms with Crippen LogP contribution >= 0.6 is 0 Å². The van der Waals surface area contributed by atoms with E-state index in [1.165, 1.54) is 6.42 Å². The van der Waals surface area contributed by atoms with Gasteiger partial charge in [-0.05, 0) is 24.3 Å². The molecular formula is C17H18F4N2O3. The Morgan fingerprint density at radius 3 is 2.31 bits per heavy atom. The molecule has 1 aliphatic heterocycles. The number of benzene rings is 1. The SMILES string of the molecule is O=C(N[C@H]1C[C@]1(F)c1ccccc1)[C@@H]1C[C@H]2C[C@H]2N1.O=C(O)C(F)(F)F. The maximum absolute atomic E-state index is 14.6. The molecule has 3 aliphatic rings. The first kappa shape index (κ1) is 18.6. The second kappa shape index (κ2) is 6.53. The van der Waals surface area contributed by atoms with E-state index in [0.717, 1.165) is 6.42 Å². The molecule has 0 bridgehead atoms. The summed E-state index contributed by atoms with van der Waals surface area (Å²) in [5.74, 6) is -2.11. The van der Waals surface area contributed by atoms with Crippen molar-refractivity contribution in [1.29, 1.82) is 0 Å². The second-order valence-corrected chi connectivity index (χ2v) is 6.85. The van der Waals surface area contributed by atoms with Crippen LogP contribution in [0.3, 0.4) is 0 Å². The maximum atomic E-state index is 14.6. The summed E-state index contributed by atoms with van der Waals surface area (Å²) in [5.41, 5.74) is -0.694. The Morgan fingerprint density at radius 1 is 1.19 bits per heavy atom. The number of fused-ring (bicyclic) bond motifs is 1. The predicted octanol–water partition coefficient (Wildman–Crippen LogP) is 2.12. The van der Waals surface area contributed by atoms with E-state index >= 15 is 0 Å². The molecule has 4 rings (SSSR count). The highest BCUT2D eigenvalue weighted by Gasteiger charge is 2.58. The van der Waals surface area contributed by atoms with Crippen LogP contribution in [0.4, 0.5) is 17.6 Å². The lowest BCUT2D eigenvalue weighted by atomic mass is 10.1. The minimum Gasteiger partial charge on any atom is -0.475 e. The van der Waals surface area contributed by atoms with E-state index < -0.39 is 17.8 Å². The summed E-state index contributed by atoms with van der Waals surface area (Å²) >= 11 is 0. The van der Waals surface area contributed by atoms with Crippen LogP contribution in [-0.2, 0) is 15.3 Å². The molecule has 3 fully saturated rings. The Hall–Kier alpha value is -2.16. The molecule has 1 heterocycles. The molecular weight excluding hydrogens is 356 g/mol. The van der Waals surface area contributed by atoms with Crippen molar-refractivity contribution in [1.82, 2.24) is 10.6 Å². The van der Waals surface area contributed by atoms with Crippen molar-refractivity contribution in [3.63, 3.8) is 0 Å². The molecule has 26 heavy (non-hydrogen) atoms. The number of nitrogens with one attached hydrogen (secondary N) is 2. The minimum absolute atomic E-state index is 0.0346. The molecule has 1 aromatic rings. The lowest BCUT2D eigenvalue weighted by Crippen LogP contribution is -2.44. The zero-order valence-corrected chi connectivity index (χ0v) is 13.6. The average molecular weight is 374 g/mol. The fourth-order valence-corrected chi connectivity index (χ4v) is 3.23. The molecule has 5 nitrogen and oxygen atoms in total. The lowest BCUT2D eigenvalue weighted by molar-refractivity contribution is -0.192. The Balaban J connectivity index is 0.000000242. The number of amides is 1. The van der Waals surface area contributed by atoms with Crippen LogP contribution in [0.25, 0.3) is 0 Å². The van der Waals surface area contributed by atoms with Gasteiger partial charge in [0.1, 0.15) is 0 Å². The van der Waals surface area contributed by atoms with E-state index in [0.29, 0.717) is 23.9 Å². The van der Waals surface area contributed by atoms with Gasteiger partial charge in [-0.3, -0.25) is 4.79 Å². The zero-order chi connectivity index (χ0) is 19.1. The summed E-state index contributed by atoms with van der Waals surface area (Å²) in [5, 5.41) is 13.3. The van der Waals surface area contributed by atoms with Gasteiger partial charge in [0.25, 0.3) is 0 Å². The summed E-state index contributed by atoms with van der Waals surface area (Å²) < 4.78 is 46.3. The molecule has 2 saturated carbocycles. The summed E-state index contributed by atoms with van der Waals surface area (Å²) in [6, 6.07) is 9.19. The number of carboxylic acids is 1. The van der Waals surface area contributed by atoms with E-state index in [1.807, 2.05) is 18.2 Å². The number of hydrogen-bond donors (Lipinski definition) is 3. The monoisotopic (exact) mass is 374 g/mol. The van der Waals surface area contributed by atoms with Gasteiger partial charge in [0, 0.05) is 12.5 Å². The van der Waals surface area contributed by atoms with Crippen molar-refractivity contribution in [2.75, 3.05) is 0 Å². The number of carbonyl (C=O) groups is 2. The normalized spacial score (nSPS) is 34.2. The molecule has 0 spiro atoms. The third kappa shape index (κ3) is 3.98. The van der Waals surface area contributed by atoms with Gasteiger partial charge >= 0.3 is 12.1 Å². The number of piperidine rings is 1. The number of carboxylic acid groups (broad SMARTS) is 1. The molecule has 3 N–H and O–H groups in total. The van der Waals surface area contributed by atoms with Gasteiger partial charge in [0.2, 0.25) is 5.91 Å². The van der Waals surface area contributed by atoms with Gasteiger partial charge in [-0.25, -0.2) is 9.18 Å². The molecule has 5 atom stereocenters. The van der Waals surface area contributed by atoms with E-state index in [-0.39, 0.29) is 18.0 Å². The molecule has 0 unspecified atom stereocenters. The van der Waals surface area contributed by atoms with Gasteiger partial charge in [-0.15, -0.1) is 0 Å². The summed E-state index contributed by atoms with van der Waals surface area (Å²) in [6.07, 6.45) is -2.58. The van der Waals surface area contributed by atoms with E-state index in [4.69, 9.17) is 9.90 Å². The molecule has 9 heteroatoms. The lowest BCUT2D eigenvalue weighted by Gasteiger charge is -2.14. The van der Waals surface area contributed by atoms with Crippen molar-refractivity contribution < 1.29 is 32.3 Å². The Bertz CT molecular complexity index is 687. The third-order valence-corrected chi connectivity index (χ3v) is 4.90. The predicted molar refractivity (Wildman–Crippen MR) is 82.9 cm³/mol. The van der Waals surface area contributed by atoms with Gasteiger partial charge < -0.3 is 15.7 Å². The highest BCUT2D eigenvalue weighted by Crippen LogP contribution is 2.50. The van der Waals surface area contributed by atoms with E-state index in [2.05, 4.69) is 10.6 Å². The van der Waals surface area contributed by atoms with Gasteiger partial charge in [0.05, 0.1) is 12.1 Å². The number of carbonyl (C=O) groups excluding carboxylic acids is 1.